The Kier molecular flexibility index (Phi) is 4.61. The number of aryl methyl sites for hydroxylation is 1. The van der Waals surface area contributed by atoms with Crippen LogP contribution in [-0.4, -0.2) is 49.4 Å². The number of hydrogen-bond donors (Lipinski definition) is 3. The van der Waals surface area contributed by atoms with E-state index < -0.39 is 42.4 Å². The molecule has 1 unspecified atom stereocenters. The molecule has 3 N–H and O–H groups in total. The van der Waals surface area contributed by atoms with E-state index in [1.807, 2.05) is 13.0 Å². The summed E-state index contributed by atoms with van der Waals surface area (Å²) in [4.78, 5) is 25.2. The van der Waals surface area contributed by atoms with Crippen molar-refractivity contribution in [3.8, 4) is 5.69 Å². The summed E-state index contributed by atoms with van der Waals surface area (Å²) in [5.74, 6) is 0. The van der Waals surface area contributed by atoms with Crippen LogP contribution in [0.5, 0.6) is 0 Å². The lowest BCUT2D eigenvalue weighted by Crippen LogP contribution is -2.42. The summed E-state index contributed by atoms with van der Waals surface area (Å²) in [7, 11) is 0. The predicted octanol–water partition coefficient (Wildman–Crippen LogP) is -0.772. The smallest absolute Gasteiger partial charge is 0.337 e. The van der Waals surface area contributed by atoms with Crippen LogP contribution in [0.2, 0.25) is 0 Å². The first kappa shape index (κ1) is 17.6. The third kappa shape index (κ3) is 2.83. The number of rotatable bonds is 3. The van der Waals surface area contributed by atoms with Crippen molar-refractivity contribution in [2.24, 2.45) is 0 Å². The van der Waals surface area contributed by atoms with Crippen LogP contribution in [0.1, 0.15) is 17.4 Å². The van der Waals surface area contributed by atoms with Crippen LogP contribution in [0.25, 0.3) is 5.69 Å². The van der Waals surface area contributed by atoms with E-state index in [2.05, 4.69) is 0 Å². The Morgan fingerprint density at radius 3 is 2.48 bits per heavy atom. The van der Waals surface area contributed by atoms with Crippen molar-refractivity contribution in [1.82, 2.24) is 9.13 Å². The largest absolute Gasteiger partial charge is 0.394 e. The molecule has 8 nitrogen and oxygen atoms in total. The number of nitrogens with zero attached hydrogens (tertiary/aromatic N) is 2. The Bertz CT molecular complexity index is 903. The van der Waals surface area contributed by atoms with Gasteiger partial charge in [0.2, 0.25) is 0 Å². The van der Waals surface area contributed by atoms with Gasteiger partial charge in [0.15, 0.2) is 6.23 Å². The molecule has 2 heterocycles. The van der Waals surface area contributed by atoms with Gasteiger partial charge in [-0.15, -0.1) is 0 Å². The topological polar surface area (TPSA) is 114 Å². The molecular formula is C17H20N2O6. The fourth-order valence-electron chi connectivity index (χ4n) is 3.00. The van der Waals surface area contributed by atoms with Crippen molar-refractivity contribution in [2.45, 2.75) is 38.4 Å². The Morgan fingerprint density at radius 1 is 1.12 bits per heavy atom. The number of aromatic nitrogens is 2. The molecule has 8 heteroatoms. The summed E-state index contributed by atoms with van der Waals surface area (Å²) < 4.78 is 7.43. The maximum Gasteiger partial charge on any atom is 0.337 e. The Balaban J connectivity index is 2.16. The number of aliphatic hydroxyl groups excluding tert-OH is 3. The van der Waals surface area contributed by atoms with Crippen molar-refractivity contribution < 1.29 is 20.1 Å². The molecule has 1 aliphatic rings. The van der Waals surface area contributed by atoms with E-state index in [1.54, 1.807) is 19.1 Å². The van der Waals surface area contributed by atoms with E-state index in [-0.39, 0.29) is 0 Å². The van der Waals surface area contributed by atoms with E-state index in [4.69, 9.17) is 4.74 Å². The second-order valence-electron chi connectivity index (χ2n) is 6.13. The first-order chi connectivity index (χ1) is 11.9. The summed E-state index contributed by atoms with van der Waals surface area (Å²) >= 11 is 0. The minimum absolute atomic E-state index is 0.441. The van der Waals surface area contributed by atoms with Crippen molar-refractivity contribution in [3.63, 3.8) is 0 Å². The molecule has 0 radical (unpaired) electrons. The molecule has 0 bridgehead atoms. The highest BCUT2D eigenvalue weighted by atomic mass is 16.6. The number of hydrogen-bond acceptors (Lipinski definition) is 6. The van der Waals surface area contributed by atoms with Gasteiger partial charge in [0.05, 0.1) is 12.3 Å². The van der Waals surface area contributed by atoms with Crippen molar-refractivity contribution in [3.05, 3.63) is 62.4 Å². The van der Waals surface area contributed by atoms with Gasteiger partial charge in [-0.25, -0.2) is 9.36 Å². The van der Waals surface area contributed by atoms with Gasteiger partial charge < -0.3 is 20.1 Å². The van der Waals surface area contributed by atoms with Gasteiger partial charge in [-0.2, -0.15) is 0 Å². The molecule has 0 saturated carbocycles. The molecule has 0 amide bonds. The van der Waals surface area contributed by atoms with E-state index >= 15 is 0 Å². The van der Waals surface area contributed by atoms with Crippen molar-refractivity contribution in [1.29, 1.82) is 0 Å². The lowest BCUT2D eigenvalue weighted by Gasteiger charge is -2.19. The molecule has 1 aliphatic heterocycles. The molecule has 4 atom stereocenters. The molecule has 1 fully saturated rings. The third-order valence-corrected chi connectivity index (χ3v) is 4.62. The van der Waals surface area contributed by atoms with Gasteiger partial charge in [0, 0.05) is 12.3 Å². The van der Waals surface area contributed by atoms with Crippen LogP contribution < -0.4 is 11.2 Å². The average Bonchev–Trinajstić information content (AvgIpc) is 2.87. The highest BCUT2D eigenvalue weighted by Crippen LogP contribution is 2.28. The summed E-state index contributed by atoms with van der Waals surface area (Å²) in [6.45, 7) is 3.18. The van der Waals surface area contributed by atoms with E-state index in [0.29, 0.717) is 5.69 Å². The van der Waals surface area contributed by atoms with Crippen molar-refractivity contribution >= 4 is 0 Å². The van der Waals surface area contributed by atoms with Crippen LogP contribution in [0.3, 0.4) is 0 Å². The molecule has 0 spiro atoms. The Hall–Kier alpha value is -2.26. The van der Waals surface area contributed by atoms with Crippen LogP contribution >= 0.6 is 0 Å². The zero-order chi connectivity index (χ0) is 18.3. The van der Waals surface area contributed by atoms with Crippen LogP contribution in [0, 0.1) is 13.8 Å². The molecule has 1 saturated heterocycles. The molecule has 1 aromatic heterocycles. The summed E-state index contributed by atoms with van der Waals surface area (Å²) in [6, 6.07) is 6.47. The Labute approximate surface area is 143 Å². The second kappa shape index (κ2) is 6.57. The van der Waals surface area contributed by atoms with Crippen molar-refractivity contribution in [2.75, 3.05) is 6.61 Å². The van der Waals surface area contributed by atoms with Gasteiger partial charge >= 0.3 is 5.69 Å². The quantitative estimate of drug-likeness (QED) is 0.671. The van der Waals surface area contributed by atoms with E-state index in [1.165, 1.54) is 12.3 Å². The third-order valence-electron chi connectivity index (χ3n) is 4.62. The average molecular weight is 348 g/mol. The SMILES string of the molecule is Cc1cccc(-n2c(=O)ccn(C3O[C@H](CO)[C@@H](O)[C@@H]3O)c2=O)c1C. The summed E-state index contributed by atoms with van der Waals surface area (Å²) in [6.07, 6.45) is -3.72. The number of ether oxygens (including phenoxy) is 1. The molecule has 0 aliphatic carbocycles. The summed E-state index contributed by atoms with van der Waals surface area (Å²) in [5.41, 5.74) is 0.932. The minimum Gasteiger partial charge on any atom is -0.394 e. The fourth-order valence-corrected chi connectivity index (χ4v) is 3.00. The maximum atomic E-state index is 12.9. The lowest BCUT2D eigenvalue weighted by atomic mass is 10.1. The highest BCUT2D eigenvalue weighted by Gasteiger charge is 2.43. The van der Waals surface area contributed by atoms with E-state index in [0.717, 1.165) is 20.3 Å². The van der Waals surface area contributed by atoms with Gasteiger partial charge in [0.1, 0.15) is 18.3 Å². The molecular weight excluding hydrogens is 328 g/mol. The van der Waals surface area contributed by atoms with Crippen LogP contribution in [0.4, 0.5) is 0 Å². The molecule has 2 aromatic rings. The van der Waals surface area contributed by atoms with Gasteiger partial charge in [-0.1, -0.05) is 12.1 Å². The predicted molar refractivity (Wildman–Crippen MR) is 88.8 cm³/mol. The lowest BCUT2D eigenvalue weighted by molar-refractivity contribution is -0.0553. The number of aliphatic hydroxyl groups is 3. The Morgan fingerprint density at radius 2 is 1.84 bits per heavy atom. The molecule has 134 valence electrons. The monoisotopic (exact) mass is 348 g/mol. The molecule has 25 heavy (non-hydrogen) atoms. The zero-order valence-corrected chi connectivity index (χ0v) is 13.9. The molecule has 1 aromatic carbocycles. The van der Waals surface area contributed by atoms with Gasteiger partial charge in [0.25, 0.3) is 5.56 Å². The number of benzene rings is 1. The standard InChI is InChI=1S/C17H20N2O6/c1-9-4-3-5-11(10(9)2)19-13(21)6-7-18(17(19)24)16-15(23)14(22)12(8-20)25-16/h3-7,12,14-16,20,22-23H,8H2,1-2H3/t12-,14-,15+,16?/m1/s1. The van der Waals surface area contributed by atoms with E-state index in [9.17, 15) is 24.9 Å². The first-order valence-corrected chi connectivity index (χ1v) is 7.90. The zero-order valence-electron chi connectivity index (χ0n) is 13.9. The normalized spacial score (nSPS) is 26.1. The first-order valence-electron chi connectivity index (χ1n) is 7.90. The van der Waals surface area contributed by atoms with Gasteiger partial charge in [-0.05, 0) is 31.0 Å². The highest BCUT2D eigenvalue weighted by molar-refractivity contribution is 5.44. The van der Waals surface area contributed by atoms with Gasteiger partial charge in [-0.3, -0.25) is 9.36 Å². The maximum absolute atomic E-state index is 12.9. The molecule has 3 rings (SSSR count). The fraction of sp³-hybridized carbons (Fsp3) is 0.412. The second-order valence-corrected chi connectivity index (χ2v) is 6.13. The van der Waals surface area contributed by atoms with Crippen LogP contribution in [0.15, 0.2) is 40.1 Å². The summed E-state index contributed by atoms with van der Waals surface area (Å²) in [5, 5.41) is 29.2. The minimum atomic E-state index is -1.40. The van der Waals surface area contributed by atoms with Crippen LogP contribution in [-0.2, 0) is 4.74 Å².